The molecule has 1 aliphatic carbocycles. The maximum absolute atomic E-state index is 13.8. The molecule has 2 unspecified atom stereocenters. The van der Waals surface area contributed by atoms with Gasteiger partial charge in [-0.3, -0.25) is 4.79 Å². The number of carbonyl (C=O) groups excluding carboxylic acids is 1. The fourth-order valence-electron chi connectivity index (χ4n) is 2.72. The Balaban J connectivity index is 2.09. The minimum Gasteiger partial charge on any atom is -0.299 e. The lowest BCUT2D eigenvalue weighted by Gasteiger charge is -2.27. The van der Waals surface area contributed by atoms with Gasteiger partial charge in [0.2, 0.25) is 0 Å². The maximum atomic E-state index is 13.8. The van der Waals surface area contributed by atoms with E-state index in [2.05, 4.69) is 22.9 Å². The highest BCUT2D eigenvalue weighted by Crippen LogP contribution is 2.31. The molecule has 1 aromatic carbocycles. The van der Waals surface area contributed by atoms with Crippen LogP contribution in [0.2, 0.25) is 0 Å². The van der Waals surface area contributed by atoms with Crippen molar-refractivity contribution in [2.45, 2.75) is 39.0 Å². The Labute approximate surface area is 116 Å². The fourth-order valence-corrected chi connectivity index (χ4v) is 3.06. The monoisotopic (exact) mass is 312 g/mol. The molecule has 2 rings (SSSR count). The summed E-state index contributed by atoms with van der Waals surface area (Å²) in [5, 5.41) is 0. The van der Waals surface area contributed by atoms with E-state index in [1.807, 2.05) is 6.07 Å². The van der Waals surface area contributed by atoms with Crippen LogP contribution >= 0.6 is 15.9 Å². The summed E-state index contributed by atoms with van der Waals surface area (Å²) in [4.78, 5) is 11.9. The molecule has 1 aromatic rings. The SMILES string of the molecule is CCC1CCC(=O)C(Cc2ccc(Br)cc2F)C1. The number of hydrogen-bond acceptors (Lipinski definition) is 1. The normalized spacial score (nSPS) is 24.3. The lowest BCUT2D eigenvalue weighted by atomic mass is 9.77. The van der Waals surface area contributed by atoms with E-state index in [0.717, 1.165) is 23.7 Å². The van der Waals surface area contributed by atoms with Crippen LogP contribution < -0.4 is 0 Å². The van der Waals surface area contributed by atoms with Gasteiger partial charge in [-0.1, -0.05) is 35.3 Å². The van der Waals surface area contributed by atoms with Crippen molar-refractivity contribution >= 4 is 21.7 Å². The lowest BCUT2D eigenvalue weighted by molar-refractivity contribution is -0.125. The highest BCUT2D eigenvalue weighted by Gasteiger charge is 2.28. The molecule has 2 atom stereocenters. The van der Waals surface area contributed by atoms with Gasteiger partial charge in [-0.25, -0.2) is 4.39 Å². The first-order valence-electron chi connectivity index (χ1n) is 6.56. The van der Waals surface area contributed by atoms with Crippen molar-refractivity contribution in [3.63, 3.8) is 0 Å². The van der Waals surface area contributed by atoms with E-state index in [-0.39, 0.29) is 11.7 Å². The summed E-state index contributed by atoms with van der Waals surface area (Å²) in [7, 11) is 0. The third-order valence-corrected chi connectivity index (χ3v) is 4.42. The Kier molecular flexibility index (Phi) is 4.55. The summed E-state index contributed by atoms with van der Waals surface area (Å²) in [6.07, 6.45) is 4.27. The molecule has 1 saturated carbocycles. The van der Waals surface area contributed by atoms with Gasteiger partial charge in [0.05, 0.1) is 0 Å². The predicted octanol–water partition coefficient (Wildman–Crippen LogP) is 4.53. The molecule has 1 aliphatic rings. The molecular weight excluding hydrogens is 295 g/mol. The van der Waals surface area contributed by atoms with Crippen molar-refractivity contribution < 1.29 is 9.18 Å². The highest BCUT2D eigenvalue weighted by molar-refractivity contribution is 9.10. The highest BCUT2D eigenvalue weighted by atomic mass is 79.9. The first-order chi connectivity index (χ1) is 8.60. The van der Waals surface area contributed by atoms with Crippen LogP contribution in [0.1, 0.15) is 38.2 Å². The Bertz CT molecular complexity index is 444. The fraction of sp³-hybridized carbons (Fsp3) is 0.533. The Morgan fingerprint density at radius 1 is 1.44 bits per heavy atom. The van der Waals surface area contributed by atoms with Crippen LogP contribution in [0.5, 0.6) is 0 Å². The molecule has 0 bridgehead atoms. The van der Waals surface area contributed by atoms with E-state index in [1.165, 1.54) is 6.07 Å². The molecule has 0 N–H and O–H groups in total. The van der Waals surface area contributed by atoms with Crippen molar-refractivity contribution in [3.05, 3.63) is 34.1 Å². The van der Waals surface area contributed by atoms with E-state index < -0.39 is 0 Å². The van der Waals surface area contributed by atoms with Gasteiger partial charge in [0.25, 0.3) is 0 Å². The van der Waals surface area contributed by atoms with Gasteiger partial charge in [-0.2, -0.15) is 0 Å². The van der Waals surface area contributed by atoms with E-state index in [4.69, 9.17) is 0 Å². The van der Waals surface area contributed by atoms with Crippen molar-refractivity contribution in [3.8, 4) is 0 Å². The Morgan fingerprint density at radius 3 is 2.89 bits per heavy atom. The van der Waals surface area contributed by atoms with Gasteiger partial charge < -0.3 is 0 Å². The third-order valence-electron chi connectivity index (χ3n) is 3.93. The first-order valence-corrected chi connectivity index (χ1v) is 7.36. The van der Waals surface area contributed by atoms with Crippen LogP contribution in [0.25, 0.3) is 0 Å². The second-order valence-electron chi connectivity index (χ2n) is 5.15. The third kappa shape index (κ3) is 3.19. The molecule has 0 aromatic heterocycles. The van der Waals surface area contributed by atoms with E-state index >= 15 is 0 Å². The summed E-state index contributed by atoms with van der Waals surface area (Å²) >= 11 is 3.25. The lowest BCUT2D eigenvalue weighted by Crippen LogP contribution is -2.26. The number of rotatable bonds is 3. The average molecular weight is 313 g/mol. The van der Waals surface area contributed by atoms with E-state index in [0.29, 0.717) is 30.1 Å². The molecule has 0 aliphatic heterocycles. The van der Waals surface area contributed by atoms with Crippen LogP contribution in [0.3, 0.4) is 0 Å². The number of halogens is 2. The summed E-state index contributed by atoms with van der Waals surface area (Å²) in [5.74, 6) is 0.739. The minimum absolute atomic E-state index is 0.0133. The van der Waals surface area contributed by atoms with Crippen LogP contribution in [-0.2, 0) is 11.2 Å². The maximum Gasteiger partial charge on any atom is 0.136 e. The second-order valence-corrected chi connectivity index (χ2v) is 6.07. The van der Waals surface area contributed by atoms with Gasteiger partial charge in [-0.15, -0.1) is 0 Å². The smallest absolute Gasteiger partial charge is 0.136 e. The summed E-state index contributed by atoms with van der Waals surface area (Å²) < 4.78 is 14.5. The Hall–Kier alpha value is -0.700. The standard InChI is InChI=1S/C15H18BrFO/c1-2-10-3-6-15(18)12(7-10)8-11-4-5-13(16)9-14(11)17/h4-5,9-10,12H,2-3,6-8H2,1H3. The largest absolute Gasteiger partial charge is 0.299 e. The average Bonchev–Trinajstić information content (AvgIpc) is 2.35. The van der Waals surface area contributed by atoms with Gasteiger partial charge in [-0.05, 0) is 42.9 Å². The summed E-state index contributed by atoms with van der Waals surface area (Å²) in [6, 6.07) is 5.09. The van der Waals surface area contributed by atoms with Crippen LogP contribution in [0.15, 0.2) is 22.7 Å². The molecule has 0 heterocycles. The van der Waals surface area contributed by atoms with Crippen molar-refractivity contribution in [2.75, 3.05) is 0 Å². The number of hydrogen-bond donors (Lipinski definition) is 0. The van der Waals surface area contributed by atoms with Gasteiger partial charge in [0.1, 0.15) is 11.6 Å². The van der Waals surface area contributed by atoms with Crippen LogP contribution in [0, 0.1) is 17.7 Å². The van der Waals surface area contributed by atoms with Gasteiger partial charge in [0.15, 0.2) is 0 Å². The number of carbonyl (C=O) groups is 1. The summed E-state index contributed by atoms with van der Waals surface area (Å²) in [5.41, 5.74) is 0.660. The van der Waals surface area contributed by atoms with Gasteiger partial charge >= 0.3 is 0 Å². The predicted molar refractivity (Wildman–Crippen MR) is 73.9 cm³/mol. The molecule has 1 nitrogen and oxygen atoms in total. The molecule has 0 saturated heterocycles. The number of ketones is 1. The van der Waals surface area contributed by atoms with E-state index in [1.54, 1.807) is 6.07 Å². The van der Waals surface area contributed by atoms with Crippen molar-refractivity contribution in [1.29, 1.82) is 0 Å². The minimum atomic E-state index is -0.212. The number of Topliss-reactive ketones (excluding diaryl/α,β-unsaturated/α-hetero) is 1. The number of benzene rings is 1. The topological polar surface area (TPSA) is 17.1 Å². The van der Waals surface area contributed by atoms with Crippen LogP contribution in [-0.4, -0.2) is 5.78 Å². The Morgan fingerprint density at radius 2 is 2.22 bits per heavy atom. The molecule has 0 radical (unpaired) electrons. The zero-order valence-electron chi connectivity index (χ0n) is 10.6. The molecule has 18 heavy (non-hydrogen) atoms. The molecule has 0 spiro atoms. The van der Waals surface area contributed by atoms with Crippen molar-refractivity contribution in [2.24, 2.45) is 11.8 Å². The van der Waals surface area contributed by atoms with Crippen molar-refractivity contribution in [1.82, 2.24) is 0 Å². The molecule has 3 heteroatoms. The van der Waals surface area contributed by atoms with Crippen LogP contribution in [0.4, 0.5) is 4.39 Å². The zero-order valence-corrected chi connectivity index (χ0v) is 12.2. The zero-order chi connectivity index (χ0) is 13.1. The molecule has 98 valence electrons. The second kappa shape index (κ2) is 5.96. The summed E-state index contributed by atoms with van der Waals surface area (Å²) in [6.45, 7) is 2.16. The van der Waals surface area contributed by atoms with E-state index in [9.17, 15) is 9.18 Å². The molecule has 1 fully saturated rings. The quantitative estimate of drug-likeness (QED) is 0.801. The van der Waals surface area contributed by atoms with Gasteiger partial charge in [0, 0.05) is 16.8 Å². The molecular formula is C15H18BrFO. The molecule has 0 amide bonds. The first kappa shape index (κ1) is 13.7.